The van der Waals surface area contributed by atoms with Gasteiger partial charge in [-0.25, -0.2) is 0 Å². The maximum absolute atomic E-state index is 11.2. The molecular formula is C12H22O3. The molecular weight excluding hydrogens is 192 g/mol. The van der Waals surface area contributed by atoms with Crippen LogP contribution >= 0.6 is 0 Å². The zero-order chi connectivity index (χ0) is 11.3. The minimum atomic E-state index is -0.716. The van der Waals surface area contributed by atoms with Crippen molar-refractivity contribution in [3.63, 3.8) is 0 Å². The molecule has 0 unspecified atom stereocenters. The Bertz CT molecular complexity index is 205. The lowest BCUT2D eigenvalue weighted by Gasteiger charge is -2.36. The van der Waals surface area contributed by atoms with E-state index in [9.17, 15) is 9.90 Å². The van der Waals surface area contributed by atoms with Crippen LogP contribution in [0.1, 0.15) is 51.9 Å². The second-order valence-electron chi connectivity index (χ2n) is 4.79. The number of aliphatic carboxylic acids is 1. The smallest absolute Gasteiger partial charge is 0.309 e. The second kappa shape index (κ2) is 5.50. The predicted octanol–water partition coefficient (Wildman–Crippen LogP) is 2.43. The molecule has 0 heterocycles. The summed E-state index contributed by atoms with van der Waals surface area (Å²) in [5.74, 6) is -0.00679. The molecule has 0 aromatic rings. The van der Waals surface area contributed by atoms with Crippen LogP contribution in [0.25, 0.3) is 0 Å². The first-order valence-corrected chi connectivity index (χ1v) is 5.99. The SMILES string of the molecule is CCCC1CCC(CCO)(C(=O)O)CC1. The molecule has 1 fully saturated rings. The molecule has 3 heteroatoms. The maximum atomic E-state index is 11.2. The van der Waals surface area contributed by atoms with Crippen molar-refractivity contribution in [2.75, 3.05) is 6.61 Å². The largest absolute Gasteiger partial charge is 0.481 e. The lowest BCUT2D eigenvalue weighted by atomic mass is 9.68. The summed E-state index contributed by atoms with van der Waals surface area (Å²) in [5.41, 5.74) is -0.626. The van der Waals surface area contributed by atoms with E-state index in [0.29, 0.717) is 12.3 Å². The number of rotatable bonds is 5. The third-order valence-electron chi connectivity index (χ3n) is 3.80. The first-order valence-electron chi connectivity index (χ1n) is 5.99. The molecule has 88 valence electrons. The summed E-state index contributed by atoms with van der Waals surface area (Å²) in [6.45, 7) is 2.16. The van der Waals surface area contributed by atoms with Gasteiger partial charge in [0.25, 0.3) is 0 Å². The number of carboxylic acid groups (broad SMARTS) is 1. The van der Waals surface area contributed by atoms with Gasteiger partial charge in [0.15, 0.2) is 0 Å². The number of aliphatic hydroxyl groups is 1. The Morgan fingerprint density at radius 1 is 1.40 bits per heavy atom. The van der Waals surface area contributed by atoms with Crippen molar-refractivity contribution in [2.45, 2.75) is 51.9 Å². The number of carbonyl (C=O) groups is 1. The van der Waals surface area contributed by atoms with Gasteiger partial charge in [-0.1, -0.05) is 19.8 Å². The Balaban J connectivity index is 2.53. The molecule has 2 N–H and O–H groups in total. The topological polar surface area (TPSA) is 57.5 Å². The van der Waals surface area contributed by atoms with Gasteiger partial charge < -0.3 is 10.2 Å². The van der Waals surface area contributed by atoms with E-state index in [1.165, 1.54) is 12.8 Å². The number of carboxylic acids is 1. The van der Waals surface area contributed by atoms with Crippen LogP contribution in [0.5, 0.6) is 0 Å². The molecule has 0 spiro atoms. The summed E-state index contributed by atoms with van der Waals surface area (Å²) in [6.07, 6.45) is 6.34. The van der Waals surface area contributed by atoms with Crippen LogP contribution in [0.4, 0.5) is 0 Å². The molecule has 1 saturated carbocycles. The van der Waals surface area contributed by atoms with Crippen molar-refractivity contribution >= 4 is 5.97 Å². The summed E-state index contributed by atoms with van der Waals surface area (Å²) >= 11 is 0. The first-order chi connectivity index (χ1) is 7.14. The molecule has 0 aromatic heterocycles. The van der Waals surface area contributed by atoms with Crippen LogP contribution < -0.4 is 0 Å². The van der Waals surface area contributed by atoms with E-state index < -0.39 is 11.4 Å². The van der Waals surface area contributed by atoms with Gasteiger partial charge in [0.05, 0.1) is 5.41 Å². The summed E-state index contributed by atoms with van der Waals surface area (Å²) in [5, 5.41) is 18.2. The van der Waals surface area contributed by atoms with Gasteiger partial charge in [-0.05, 0) is 38.0 Å². The highest BCUT2D eigenvalue weighted by atomic mass is 16.4. The Morgan fingerprint density at radius 3 is 2.40 bits per heavy atom. The number of hydrogen-bond acceptors (Lipinski definition) is 2. The Kier molecular flexibility index (Phi) is 4.58. The number of hydrogen-bond donors (Lipinski definition) is 2. The fourth-order valence-corrected chi connectivity index (χ4v) is 2.71. The Hall–Kier alpha value is -0.570. The highest BCUT2D eigenvalue weighted by molar-refractivity contribution is 5.74. The van der Waals surface area contributed by atoms with E-state index in [-0.39, 0.29) is 6.61 Å². The van der Waals surface area contributed by atoms with E-state index in [4.69, 9.17) is 5.11 Å². The molecule has 1 aliphatic rings. The zero-order valence-electron chi connectivity index (χ0n) is 9.54. The first kappa shape index (κ1) is 12.5. The van der Waals surface area contributed by atoms with E-state index in [1.54, 1.807) is 0 Å². The average molecular weight is 214 g/mol. The van der Waals surface area contributed by atoms with Crippen LogP contribution in [0.15, 0.2) is 0 Å². The molecule has 3 nitrogen and oxygen atoms in total. The fraction of sp³-hybridized carbons (Fsp3) is 0.917. The minimum absolute atomic E-state index is 0.00918. The molecule has 0 aliphatic heterocycles. The molecule has 1 aliphatic carbocycles. The average Bonchev–Trinajstić information content (AvgIpc) is 2.21. The number of aliphatic hydroxyl groups excluding tert-OH is 1. The van der Waals surface area contributed by atoms with E-state index >= 15 is 0 Å². The van der Waals surface area contributed by atoms with Crippen LogP contribution in [0.2, 0.25) is 0 Å². The van der Waals surface area contributed by atoms with Crippen molar-refractivity contribution in [3.05, 3.63) is 0 Å². The van der Waals surface area contributed by atoms with Crippen LogP contribution in [0, 0.1) is 11.3 Å². The molecule has 0 atom stereocenters. The highest BCUT2D eigenvalue weighted by Gasteiger charge is 2.40. The van der Waals surface area contributed by atoms with E-state index in [0.717, 1.165) is 25.7 Å². The van der Waals surface area contributed by atoms with Crippen molar-refractivity contribution in [3.8, 4) is 0 Å². The van der Waals surface area contributed by atoms with Crippen LogP contribution in [-0.4, -0.2) is 22.8 Å². The lowest BCUT2D eigenvalue weighted by Crippen LogP contribution is -2.36. The third-order valence-corrected chi connectivity index (χ3v) is 3.80. The highest BCUT2D eigenvalue weighted by Crippen LogP contribution is 2.42. The molecule has 0 aromatic carbocycles. The van der Waals surface area contributed by atoms with Crippen molar-refractivity contribution in [2.24, 2.45) is 11.3 Å². The summed E-state index contributed by atoms with van der Waals surface area (Å²) in [6, 6.07) is 0. The standard InChI is InChI=1S/C12H22O3/c1-2-3-10-4-6-12(7-5-10,8-9-13)11(14)15/h10,13H,2-9H2,1H3,(H,14,15). The van der Waals surface area contributed by atoms with Crippen LogP contribution in [0.3, 0.4) is 0 Å². The minimum Gasteiger partial charge on any atom is -0.481 e. The van der Waals surface area contributed by atoms with Crippen molar-refractivity contribution < 1.29 is 15.0 Å². The molecule has 0 radical (unpaired) electrons. The van der Waals surface area contributed by atoms with E-state index in [2.05, 4.69) is 6.92 Å². The predicted molar refractivity (Wildman–Crippen MR) is 58.6 cm³/mol. The second-order valence-corrected chi connectivity index (χ2v) is 4.79. The van der Waals surface area contributed by atoms with Gasteiger partial charge in [-0.15, -0.1) is 0 Å². The quantitative estimate of drug-likeness (QED) is 0.739. The van der Waals surface area contributed by atoms with Gasteiger partial charge in [-0.3, -0.25) is 4.79 Å². The van der Waals surface area contributed by atoms with Crippen molar-refractivity contribution in [1.82, 2.24) is 0 Å². The van der Waals surface area contributed by atoms with Gasteiger partial charge >= 0.3 is 5.97 Å². The lowest BCUT2D eigenvalue weighted by molar-refractivity contribution is -0.153. The monoisotopic (exact) mass is 214 g/mol. The summed E-state index contributed by atoms with van der Waals surface area (Å²) in [4.78, 5) is 11.2. The Morgan fingerprint density at radius 2 is 2.00 bits per heavy atom. The molecule has 0 bridgehead atoms. The molecule has 1 rings (SSSR count). The zero-order valence-corrected chi connectivity index (χ0v) is 9.54. The van der Waals surface area contributed by atoms with Crippen LogP contribution in [-0.2, 0) is 4.79 Å². The normalized spacial score (nSPS) is 31.5. The molecule has 0 saturated heterocycles. The summed E-state index contributed by atoms with van der Waals surface area (Å²) in [7, 11) is 0. The van der Waals surface area contributed by atoms with Gasteiger partial charge in [0, 0.05) is 6.61 Å². The van der Waals surface area contributed by atoms with Gasteiger partial charge in [0.2, 0.25) is 0 Å². The summed E-state index contributed by atoms with van der Waals surface area (Å²) < 4.78 is 0. The van der Waals surface area contributed by atoms with Crippen molar-refractivity contribution in [1.29, 1.82) is 0 Å². The van der Waals surface area contributed by atoms with Gasteiger partial charge in [0.1, 0.15) is 0 Å². The van der Waals surface area contributed by atoms with E-state index in [1.807, 2.05) is 0 Å². The maximum Gasteiger partial charge on any atom is 0.309 e. The third kappa shape index (κ3) is 2.94. The van der Waals surface area contributed by atoms with Gasteiger partial charge in [-0.2, -0.15) is 0 Å². The fourth-order valence-electron chi connectivity index (χ4n) is 2.71. The molecule has 0 amide bonds. The molecule has 15 heavy (non-hydrogen) atoms. The Labute approximate surface area is 91.5 Å².